The van der Waals surface area contributed by atoms with Gasteiger partial charge in [-0.3, -0.25) is 0 Å². The molecule has 1 N–H and O–H groups in total. The standard InChI is InChI=1S/C15H22N6O2S/c1-12-18-14(11-20(12)2)24(22,23)17-10-13-6-7-16-15(19-13)21-8-4-3-5-9-21/h6-7,11,17H,3-5,8-10H2,1-2H3. The molecule has 8 nitrogen and oxygen atoms in total. The molecule has 0 atom stereocenters. The van der Waals surface area contributed by atoms with Gasteiger partial charge in [0.15, 0.2) is 5.03 Å². The molecule has 0 radical (unpaired) electrons. The van der Waals surface area contributed by atoms with Crippen LogP contribution in [-0.2, 0) is 23.6 Å². The van der Waals surface area contributed by atoms with Gasteiger partial charge in [0.2, 0.25) is 5.95 Å². The van der Waals surface area contributed by atoms with Gasteiger partial charge in [-0.15, -0.1) is 0 Å². The molecule has 0 spiro atoms. The zero-order valence-corrected chi connectivity index (χ0v) is 14.8. The number of imidazole rings is 1. The highest BCUT2D eigenvalue weighted by Gasteiger charge is 2.19. The fourth-order valence-corrected chi connectivity index (χ4v) is 3.66. The lowest BCUT2D eigenvalue weighted by molar-refractivity contribution is 0.565. The number of anilines is 1. The van der Waals surface area contributed by atoms with E-state index in [0.717, 1.165) is 25.9 Å². The Kier molecular flexibility index (Phi) is 4.81. The normalized spacial score (nSPS) is 15.7. The highest BCUT2D eigenvalue weighted by Crippen LogP contribution is 2.15. The molecule has 3 heterocycles. The van der Waals surface area contributed by atoms with Gasteiger partial charge in [0.05, 0.1) is 12.2 Å². The third-order valence-corrected chi connectivity index (χ3v) is 5.42. The van der Waals surface area contributed by atoms with E-state index in [1.165, 1.54) is 12.6 Å². The Bertz CT molecular complexity index is 792. The van der Waals surface area contributed by atoms with Crippen molar-refractivity contribution in [3.63, 3.8) is 0 Å². The molecule has 1 aliphatic heterocycles. The van der Waals surface area contributed by atoms with Crippen LogP contribution in [0.25, 0.3) is 0 Å². The number of aryl methyl sites for hydroxylation is 2. The average molecular weight is 350 g/mol. The van der Waals surface area contributed by atoms with Gasteiger partial charge in [-0.2, -0.15) is 0 Å². The number of hydrogen-bond acceptors (Lipinski definition) is 6. The molecule has 2 aromatic rings. The van der Waals surface area contributed by atoms with Crippen LogP contribution in [0.2, 0.25) is 0 Å². The first-order valence-electron chi connectivity index (χ1n) is 8.02. The lowest BCUT2D eigenvalue weighted by atomic mass is 10.1. The zero-order chi connectivity index (χ0) is 17.2. The summed E-state index contributed by atoms with van der Waals surface area (Å²) in [5.74, 6) is 1.31. The molecule has 1 saturated heterocycles. The van der Waals surface area contributed by atoms with Crippen molar-refractivity contribution in [2.24, 2.45) is 7.05 Å². The molecule has 0 unspecified atom stereocenters. The number of aromatic nitrogens is 4. The molecule has 0 aromatic carbocycles. The molecule has 2 aromatic heterocycles. The van der Waals surface area contributed by atoms with E-state index in [0.29, 0.717) is 17.5 Å². The van der Waals surface area contributed by atoms with Crippen LogP contribution in [0, 0.1) is 6.92 Å². The van der Waals surface area contributed by atoms with Gasteiger partial charge in [-0.25, -0.2) is 28.1 Å². The molecule has 1 aliphatic rings. The van der Waals surface area contributed by atoms with Crippen molar-refractivity contribution in [1.82, 2.24) is 24.2 Å². The lowest BCUT2D eigenvalue weighted by Crippen LogP contribution is -2.31. The summed E-state index contributed by atoms with van der Waals surface area (Å²) in [4.78, 5) is 15.0. The Hall–Kier alpha value is -2.00. The SMILES string of the molecule is Cc1nc(S(=O)(=O)NCc2ccnc(N3CCCCC3)n2)cn1C. The fraction of sp³-hybridized carbons (Fsp3) is 0.533. The monoisotopic (exact) mass is 350 g/mol. The largest absolute Gasteiger partial charge is 0.341 e. The zero-order valence-electron chi connectivity index (χ0n) is 13.9. The lowest BCUT2D eigenvalue weighted by Gasteiger charge is -2.26. The second kappa shape index (κ2) is 6.86. The molecule has 9 heteroatoms. The number of nitrogens with zero attached hydrogens (tertiary/aromatic N) is 5. The number of piperidine rings is 1. The molecular weight excluding hydrogens is 328 g/mol. The summed E-state index contributed by atoms with van der Waals surface area (Å²) in [7, 11) is -1.89. The minimum absolute atomic E-state index is 0.0211. The van der Waals surface area contributed by atoms with E-state index in [4.69, 9.17) is 0 Å². The van der Waals surface area contributed by atoms with Crippen molar-refractivity contribution in [1.29, 1.82) is 0 Å². The molecule has 24 heavy (non-hydrogen) atoms. The third kappa shape index (κ3) is 3.73. The molecular formula is C15H22N6O2S. The van der Waals surface area contributed by atoms with Crippen molar-refractivity contribution >= 4 is 16.0 Å². The van der Waals surface area contributed by atoms with Gasteiger partial charge in [0.25, 0.3) is 10.0 Å². The van der Waals surface area contributed by atoms with E-state index >= 15 is 0 Å². The molecule has 130 valence electrons. The maximum atomic E-state index is 12.3. The summed E-state index contributed by atoms with van der Waals surface area (Å²) < 4.78 is 28.9. The molecule has 3 rings (SSSR count). The summed E-state index contributed by atoms with van der Waals surface area (Å²) in [6.07, 6.45) is 6.68. The Balaban J connectivity index is 1.70. The van der Waals surface area contributed by atoms with E-state index in [9.17, 15) is 8.42 Å². The summed E-state index contributed by atoms with van der Waals surface area (Å²) in [6, 6.07) is 1.72. The van der Waals surface area contributed by atoms with Crippen LogP contribution >= 0.6 is 0 Å². The van der Waals surface area contributed by atoms with Crippen LogP contribution in [0.3, 0.4) is 0 Å². The van der Waals surface area contributed by atoms with Crippen molar-refractivity contribution in [3.8, 4) is 0 Å². The topological polar surface area (TPSA) is 93.0 Å². The Morgan fingerprint density at radius 2 is 1.96 bits per heavy atom. The quantitative estimate of drug-likeness (QED) is 0.864. The molecule has 0 saturated carbocycles. The second-order valence-corrected chi connectivity index (χ2v) is 7.67. The number of rotatable bonds is 5. The third-order valence-electron chi connectivity index (χ3n) is 4.14. The summed E-state index contributed by atoms with van der Waals surface area (Å²) in [5, 5.41) is 0.0211. The van der Waals surface area contributed by atoms with Crippen LogP contribution in [-0.4, -0.2) is 41.0 Å². The average Bonchev–Trinajstić information content (AvgIpc) is 2.94. The highest BCUT2D eigenvalue weighted by molar-refractivity contribution is 7.89. The van der Waals surface area contributed by atoms with E-state index in [2.05, 4.69) is 24.6 Å². The van der Waals surface area contributed by atoms with Crippen molar-refractivity contribution < 1.29 is 8.42 Å². The minimum Gasteiger partial charge on any atom is -0.341 e. The van der Waals surface area contributed by atoms with Gasteiger partial charge in [-0.1, -0.05) is 0 Å². The van der Waals surface area contributed by atoms with Gasteiger partial charge < -0.3 is 9.47 Å². The van der Waals surface area contributed by atoms with Gasteiger partial charge in [0, 0.05) is 32.5 Å². The van der Waals surface area contributed by atoms with Crippen LogP contribution < -0.4 is 9.62 Å². The van der Waals surface area contributed by atoms with E-state index < -0.39 is 10.0 Å². The van der Waals surface area contributed by atoms with Gasteiger partial charge >= 0.3 is 0 Å². The predicted octanol–water partition coefficient (Wildman–Crippen LogP) is 0.987. The highest BCUT2D eigenvalue weighted by atomic mass is 32.2. The Morgan fingerprint density at radius 3 is 2.62 bits per heavy atom. The van der Waals surface area contributed by atoms with Gasteiger partial charge in [0.1, 0.15) is 5.82 Å². The fourth-order valence-electron chi connectivity index (χ4n) is 2.63. The van der Waals surface area contributed by atoms with Crippen LogP contribution in [0.5, 0.6) is 0 Å². The summed E-state index contributed by atoms with van der Waals surface area (Å²) in [6.45, 7) is 3.76. The van der Waals surface area contributed by atoms with Crippen molar-refractivity contribution in [2.75, 3.05) is 18.0 Å². The first-order chi connectivity index (χ1) is 11.5. The number of nitrogens with one attached hydrogen (secondary N) is 1. The van der Waals surface area contributed by atoms with Crippen LogP contribution in [0.15, 0.2) is 23.5 Å². The first kappa shape index (κ1) is 16.8. The van der Waals surface area contributed by atoms with Crippen molar-refractivity contribution in [2.45, 2.75) is 37.8 Å². The van der Waals surface area contributed by atoms with Crippen LogP contribution in [0.1, 0.15) is 30.8 Å². The number of hydrogen-bond donors (Lipinski definition) is 1. The first-order valence-corrected chi connectivity index (χ1v) is 9.50. The van der Waals surface area contributed by atoms with Crippen LogP contribution in [0.4, 0.5) is 5.95 Å². The minimum atomic E-state index is -3.65. The van der Waals surface area contributed by atoms with E-state index in [1.807, 2.05) is 0 Å². The van der Waals surface area contributed by atoms with E-state index in [-0.39, 0.29) is 11.6 Å². The number of sulfonamides is 1. The predicted molar refractivity (Wildman–Crippen MR) is 90.1 cm³/mol. The molecule has 0 bridgehead atoms. The maximum absolute atomic E-state index is 12.3. The molecule has 0 aliphatic carbocycles. The summed E-state index contributed by atoms with van der Waals surface area (Å²) in [5.41, 5.74) is 0.641. The van der Waals surface area contributed by atoms with E-state index in [1.54, 1.807) is 30.8 Å². The molecule has 1 fully saturated rings. The molecule has 0 amide bonds. The summed E-state index contributed by atoms with van der Waals surface area (Å²) >= 11 is 0. The maximum Gasteiger partial charge on any atom is 0.259 e. The Morgan fingerprint density at radius 1 is 1.21 bits per heavy atom. The van der Waals surface area contributed by atoms with Crippen molar-refractivity contribution in [3.05, 3.63) is 30.0 Å². The Labute approximate surface area is 142 Å². The second-order valence-electron chi connectivity index (χ2n) is 5.96. The smallest absolute Gasteiger partial charge is 0.259 e. The van der Waals surface area contributed by atoms with Gasteiger partial charge in [-0.05, 0) is 32.3 Å².